The maximum Gasteiger partial charge on any atom is 0.387 e. The van der Waals surface area contributed by atoms with E-state index in [1.807, 2.05) is 0 Å². The summed E-state index contributed by atoms with van der Waals surface area (Å²) in [6.45, 7) is -0.270. The lowest BCUT2D eigenvalue weighted by Gasteiger charge is -2.27. The highest BCUT2D eigenvalue weighted by Crippen LogP contribution is 2.42. The van der Waals surface area contributed by atoms with Crippen molar-refractivity contribution in [1.29, 1.82) is 0 Å². The van der Waals surface area contributed by atoms with E-state index < -0.39 is 23.4 Å². The number of nitro groups is 1. The van der Waals surface area contributed by atoms with E-state index in [4.69, 9.17) is 4.74 Å². The molecular formula is C21H19F2N3O5. The van der Waals surface area contributed by atoms with Crippen molar-refractivity contribution in [2.24, 2.45) is 0 Å². The molecule has 0 radical (unpaired) electrons. The Bertz CT molecular complexity index is 1050. The second-order valence-electron chi connectivity index (χ2n) is 6.68. The van der Waals surface area contributed by atoms with E-state index in [0.717, 1.165) is 0 Å². The molecule has 1 atom stereocenters. The van der Waals surface area contributed by atoms with Gasteiger partial charge in [-0.1, -0.05) is 24.3 Å². The minimum Gasteiger partial charge on any atom is -0.456 e. The van der Waals surface area contributed by atoms with Crippen molar-refractivity contribution in [3.8, 4) is 5.75 Å². The van der Waals surface area contributed by atoms with Gasteiger partial charge in [0, 0.05) is 17.5 Å². The van der Waals surface area contributed by atoms with Gasteiger partial charge in [0.15, 0.2) is 0 Å². The van der Waals surface area contributed by atoms with Gasteiger partial charge in [-0.3, -0.25) is 15.1 Å². The smallest absolute Gasteiger partial charge is 0.387 e. The van der Waals surface area contributed by atoms with Crippen molar-refractivity contribution < 1.29 is 28.0 Å². The van der Waals surface area contributed by atoms with Crippen LogP contribution >= 0.6 is 0 Å². The Hall–Kier alpha value is -3.82. The number of benzene rings is 1. The van der Waals surface area contributed by atoms with Gasteiger partial charge in [0.05, 0.1) is 21.9 Å². The minimum atomic E-state index is -3.14. The first kappa shape index (κ1) is 21.9. The van der Waals surface area contributed by atoms with E-state index in [1.165, 1.54) is 37.4 Å². The molecule has 0 saturated heterocycles. The Kier molecular flexibility index (Phi) is 6.58. The van der Waals surface area contributed by atoms with Gasteiger partial charge in [-0.05, 0) is 32.0 Å². The van der Waals surface area contributed by atoms with Crippen LogP contribution in [0.1, 0.15) is 31.0 Å². The molecule has 8 nitrogen and oxygen atoms in total. The molecule has 162 valence electrons. The molecule has 1 aromatic carbocycles. The fraction of sp³-hybridized carbons (Fsp3) is 0.238. The van der Waals surface area contributed by atoms with Crippen LogP contribution in [0.15, 0.2) is 71.3 Å². The molecule has 1 aromatic heterocycles. The van der Waals surface area contributed by atoms with E-state index in [1.54, 1.807) is 25.1 Å². The Morgan fingerprint density at radius 2 is 1.90 bits per heavy atom. The van der Waals surface area contributed by atoms with E-state index in [-0.39, 0.29) is 34.9 Å². The molecule has 3 rings (SSSR count). The Morgan fingerprint density at radius 3 is 2.55 bits per heavy atom. The molecular weight excluding hydrogens is 412 g/mol. The van der Waals surface area contributed by atoms with Gasteiger partial charge in [0.25, 0.3) is 5.70 Å². The predicted molar refractivity (Wildman–Crippen MR) is 105 cm³/mol. The van der Waals surface area contributed by atoms with E-state index in [0.29, 0.717) is 11.4 Å². The lowest BCUT2D eigenvalue weighted by atomic mass is 9.83. The first-order valence-electron chi connectivity index (χ1n) is 9.23. The molecule has 31 heavy (non-hydrogen) atoms. The third-order valence-corrected chi connectivity index (χ3v) is 4.67. The molecule has 1 aliphatic rings. The first-order valence-corrected chi connectivity index (χ1v) is 9.23. The van der Waals surface area contributed by atoms with Gasteiger partial charge in [0.2, 0.25) is 0 Å². The molecule has 0 bridgehead atoms. The Labute approximate surface area is 176 Å². The number of alkyl halides is 2. The van der Waals surface area contributed by atoms with Crippen LogP contribution in [-0.4, -0.2) is 22.5 Å². The maximum absolute atomic E-state index is 13.0. The van der Waals surface area contributed by atoms with Crippen LogP contribution in [0.2, 0.25) is 0 Å². The zero-order chi connectivity index (χ0) is 22.5. The summed E-state index contributed by atoms with van der Waals surface area (Å²) in [4.78, 5) is 28.3. The summed E-state index contributed by atoms with van der Waals surface area (Å²) in [5.41, 5.74) is 0.599. The Morgan fingerprint density at radius 1 is 1.19 bits per heavy atom. The van der Waals surface area contributed by atoms with Crippen LogP contribution in [0.3, 0.4) is 0 Å². The monoisotopic (exact) mass is 431 g/mol. The van der Waals surface area contributed by atoms with Crippen LogP contribution in [-0.2, 0) is 16.1 Å². The molecule has 0 spiro atoms. The molecule has 1 aliphatic heterocycles. The molecule has 10 heteroatoms. The summed E-state index contributed by atoms with van der Waals surface area (Å²) < 4.78 is 35.8. The van der Waals surface area contributed by atoms with Gasteiger partial charge in [-0.15, -0.1) is 0 Å². The second-order valence-corrected chi connectivity index (χ2v) is 6.68. The number of ether oxygens (including phenoxy) is 2. The number of nitrogens with one attached hydrogen (secondary N) is 1. The van der Waals surface area contributed by atoms with Crippen molar-refractivity contribution in [2.75, 3.05) is 0 Å². The zero-order valence-electron chi connectivity index (χ0n) is 16.7. The fourth-order valence-corrected chi connectivity index (χ4v) is 3.42. The molecule has 2 aromatic rings. The minimum absolute atomic E-state index is 0.0551. The summed E-state index contributed by atoms with van der Waals surface area (Å²) in [7, 11) is 0. The van der Waals surface area contributed by atoms with Crippen molar-refractivity contribution in [1.82, 2.24) is 10.3 Å². The maximum atomic E-state index is 13.0. The Balaban J connectivity index is 2.05. The van der Waals surface area contributed by atoms with Crippen LogP contribution in [0.4, 0.5) is 8.78 Å². The van der Waals surface area contributed by atoms with Crippen molar-refractivity contribution in [2.45, 2.75) is 33.0 Å². The molecule has 1 unspecified atom stereocenters. The third kappa shape index (κ3) is 4.85. The number of hydrogen-bond donors (Lipinski definition) is 1. The van der Waals surface area contributed by atoms with Crippen molar-refractivity contribution >= 4 is 5.97 Å². The number of carbonyl (C=O) groups excluding carboxylic acids is 1. The third-order valence-electron chi connectivity index (χ3n) is 4.67. The van der Waals surface area contributed by atoms with Crippen LogP contribution in [0.5, 0.6) is 5.75 Å². The quantitative estimate of drug-likeness (QED) is 0.403. The molecule has 0 saturated carbocycles. The number of rotatable bonds is 7. The molecule has 1 N–H and O–H groups in total. The SMILES string of the molecule is CC1=C(C(=O)OCc2ccccn2)C(c2ccccc2OC(F)F)C([N+](=O)[O-])=C(C)N1. The molecule has 0 aliphatic carbocycles. The second kappa shape index (κ2) is 9.33. The number of pyridine rings is 1. The number of para-hydroxylation sites is 1. The van der Waals surface area contributed by atoms with Crippen LogP contribution in [0, 0.1) is 10.1 Å². The number of aromatic nitrogens is 1. The summed E-state index contributed by atoms with van der Waals surface area (Å²) in [6.07, 6.45) is 1.54. The van der Waals surface area contributed by atoms with Crippen molar-refractivity contribution in [3.05, 3.63) is 92.7 Å². The highest BCUT2D eigenvalue weighted by molar-refractivity contribution is 5.92. The van der Waals surface area contributed by atoms with E-state index >= 15 is 0 Å². The number of nitrogens with zero attached hydrogens (tertiary/aromatic N) is 2. The standard InChI is InChI=1S/C21H19F2N3O5/c1-12-17(20(27)30-11-14-7-5-6-10-24-14)18(19(26(28)29)13(2)25-12)15-8-3-4-9-16(15)31-21(22)23/h3-10,18,21,25H,11H2,1-2H3. The number of allylic oxidation sites excluding steroid dienone is 3. The first-order chi connectivity index (χ1) is 14.8. The van der Waals surface area contributed by atoms with Gasteiger partial charge in [-0.25, -0.2) is 4.79 Å². The normalized spacial score (nSPS) is 16.2. The zero-order valence-corrected chi connectivity index (χ0v) is 16.7. The summed E-state index contributed by atoms with van der Waals surface area (Å²) >= 11 is 0. The summed E-state index contributed by atoms with van der Waals surface area (Å²) in [5.74, 6) is -2.37. The predicted octanol–water partition coefficient (Wildman–Crippen LogP) is 3.90. The topological polar surface area (TPSA) is 104 Å². The molecule has 0 fully saturated rings. The number of carbonyl (C=O) groups is 1. The number of esters is 1. The number of halogens is 2. The number of dihydropyridines is 1. The van der Waals surface area contributed by atoms with E-state index in [2.05, 4.69) is 15.0 Å². The molecule has 0 amide bonds. The highest BCUT2D eigenvalue weighted by atomic mass is 19.3. The summed E-state index contributed by atoms with van der Waals surface area (Å²) in [6, 6.07) is 10.7. The van der Waals surface area contributed by atoms with Gasteiger partial charge < -0.3 is 14.8 Å². The van der Waals surface area contributed by atoms with E-state index in [9.17, 15) is 23.7 Å². The highest BCUT2D eigenvalue weighted by Gasteiger charge is 2.42. The number of hydrogen-bond acceptors (Lipinski definition) is 7. The van der Waals surface area contributed by atoms with Crippen molar-refractivity contribution in [3.63, 3.8) is 0 Å². The lowest BCUT2D eigenvalue weighted by molar-refractivity contribution is -0.431. The van der Waals surface area contributed by atoms with Gasteiger partial charge in [-0.2, -0.15) is 8.78 Å². The van der Waals surface area contributed by atoms with Crippen LogP contribution < -0.4 is 10.1 Å². The molecule has 2 heterocycles. The average Bonchev–Trinajstić information content (AvgIpc) is 2.72. The fourth-order valence-electron chi connectivity index (χ4n) is 3.42. The summed E-state index contributed by atoms with van der Waals surface area (Å²) in [5, 5.41) is 14.7. The van der Waals surface area contributed by atoms with Gasteiger partial charge >= 0.3 is 12.6 Å². The largest absolute Gasteiger partial charge is 0.456 e. The lowest BCUT2D eigenvalue weighted by Crippen LogP contribution is -2.32. The van der Waals surface area contributed by atoms with Gasteiger partial charge in [0.1, 0.15) is 18.3 Å². The van der Waals surface area contributed by atoms with Crippen LogP contribution in [0.25, 0.3) is 0 Å². The average molecular weight is 431 g/mol.